The van der Waals surface area contributed by atoms with Gasteiger partial charge in [0.15, 0.2) is 12.2 Å². The van der Waals surface area contributed by atoms with Crippen molar-refractivity contribution in [2.75, 3.05) is 39.6 Å². The number of ether oxygens (including phenoxy) is 4. The largest absolute Gasteiger partial charge is 0.472 e. The molecule has 3 N–H and O–H groups in total. The summed E-state index contributed by atoms with van der Waals surface area (Å²) in [6, 6.07) is 0. The van der Waals surface area contributed by atoms with Gasteiger partial charge in [-0.25, -0.2) is 9.13 Å². The second-order valence-corrected chi connectivity index (χ2v) is 35.8. The summed E-state index contributed by atoms with van der Waals surface area (Å²) in [7, 11) is -9.93. The molecule has 0 aromatic carbocycles. The lowest BCUT2D eigenvalue weighted by molar-refractivity contribution is -0.161. The minimum Gasteiger partial charge on any atom is -0.462 e. The zero-order chi connectivity index (χ0) is 79.2. The number of carbonyl (C=O) groups excluding carboxylic acids is 4. The van der Waals surface area contributed by atoms with E-state index < -0.39 is 97.5 Å². The first kappa shape index (κ1) is 106. The fraction of sp³-hybridized carbons (Fsp3) is 0.955. The van der Waals surface area contributed by atoms with E-state index in [9.17, 15) is 43.2 Å². The van der Waals surface area contributed by atoms with Crippen LogP contribution in [-0.4, -0.2) is 96.7 Å². The van der Waals surface area contributed by atoms with E-state index in [1.807, 2.05) is 0 Å². The maximum absolute atomic E-state index is 13.2. The standard InChI is InChI=1S/C89H174O17P2/c1-7-9-11-13-15-16-17-18-19-20-21-29-34-39-44-49-55-61-67-73-88(93)105-84(77-99-86(91)71-65-59-51-14-12-10-8-2)79-103-107(95,96)101-75-83(90)76-102-108(97,98)104-80-85(106-89(94)74-68-62-56-50-45-40-35-30-25-23-27-32-37-42-47-53-58-64-70-82(5)6)78-100-87(92)72-66-60-54-48-43-38-33-28-24-22-26-31-36-41-46-52-57-63-69-81(3)4/h81-85,90H,7-80H2,1-6H3,(H,95,96)(H,97,98)/t83-,84+,85+/m0/s1. The molecule has 108 heavy (non-hydrogen) atoms. The van der Waals surface area contributed by atoms with Crippen LogP contribution in [0, 0.1) is 11.8 Å². The van der Waals surface area contributed by atoms with Crippen molar-refractivity contribution >= 4 is 39.5 Å². The monoisotopic (exact) mass is 1580 g/mol. The summed E-state index contributed by atoms with van der Waals surface area (Å²) in [4.78, 5) is 73.2. The summed E-state index contributed by atoms with van der Waals surface area (Å²) < 4.78 is 68.9. The molecule has 0 fully saturated rings. The summed E-state index contributed by atoms with van der Waals surface area (Å²) in [6.45, 7) is 9.72. The quantitative estimate of drug-likeness (QED) is 0.0222. The van der Waals surface area contributed by atoms with Crippen molar-refractivity contribution in [3.63, 3.8) is 0 Å². The molecule has 0 spiro atoms. The van der Waals surface area contributed by atoms with Gasteiger partial charge >= 0.3 is 39.5 Å². The zero-order valence-corrected chi connectivity index (χ0v) is 73.0. The van der Waals surface area contributed by atoms with Crippen molar-refractivity contribution in [2.45, 2.75) is 496 Å². The van der Waals surface area contributed by atoms with Crippen LogP contribution in [0.2, 0.25) is 0 Å². The second kappa shape index (κ2) is 80.3. The van der Waals surface area contributed by atoms with E-state index in [4.69, 9.17) is 37.0 Å². The Kier molecular flexibility index (Phi) is 78.8. The molecule has 642 valence electrons. The number of hydrogen-bond acceptors (Lipinski definition) is 15. The van der Waals surface area contributed by atoms with Crippen molar-refractivity contribution in [2.24, 2.45) is 11.8 Å². The molecule has 2 unspecified atom stereocenters. The van der Waals surface area contributed by atoms with E-state index in [1.54, 1.807) is 0 Å². The van der Waals surface area contributed by atoms with E-state index in [1.165, 1.54) is 283 Å². The molecule has 0 heterocycles. The van der Waals surface area contributed by atoms with Crippen molar-refractivity contribution < 1.29 is 80.2 Å². The SMILES string of the molecule is CCCCCCCCCCCCCCCCCCCCCC(=O)O[C@H](COC(=O)CCCCCCCCC)COP(=O)(O)OC[C@H](O)COP(=O)(O)OC[C@@H](COC(=O)CCCCCCCCCCCCCCCCCCCCC(C)C)OC(=O)CCCCCCCCCCCCCCCCCCCCC(C)C. The van der Waals surface area contributed by atoms with Gasteiger partial charge in [-0.15, -0.1) is 0 Å². The molecule has 0 aliphatic carbocycles. The number of phosphoric ester groups is 2. The average molecular weight is 1580 g/mol. The third kappa shape index (κ3) is 82.1. The molecule has 0 saturated heterocycles. The van der Waals surface area contributed by atoms with Crippen LogP contribution in [0.25, 0.3) is 0 Å². The highest BCUT2D eigenvalue weighted by Gasteiger charge is 2.31. The van der Waals surface area contributed by atoms with Crippen molar-refractivity contribution in [1.82, 2.24) is 0 Å². The van der Waals surface area contributed by atoms with Gasteiger partial charge in [0.1, 0.15) is 19.3 Å². The Balaban J connectivity index is 5.15. The number of aliphatic hydroxyl groups is 1. The lowest BCUT2D eigenvalue weighted by atomic mass is 10.0. The number of rotatable bonds is 88. The van der Waals surface area contributed by atoms with Gasteiger partial charge in [0, 0.05) is 25.7 Å². The predicted octanol–water partition coefficient (Wildman–Crippen LogP) is 27.4. The number of aliphatic hydroxyl groups excluding tert-OH is 1. The fourth-order valence-electron chi connectivity index (χ4n) is 14.0. The minimum absolute atomic E-state index is 0.109. The predicted molar refractivity (Wildman–Crippen MR) is 446 cm³/mol. The first-order chi connectivity index (χ1) is 52.4. The Bertz CT molecular complexity index is 2060. The van der Waals surface area contributed by atoms with Crippen LogP contribution in [-0.2, 0) is 65.4 Å². The molecular weight excluding hydrogens is 1400 g/mol. The van der Waals surface area contributed by atoms with Crippen molar-refractivity contribution in [3.8, 4) is 0 Å². The Labute approximate surface area is 664 Å². The normalized spacial score (nSPS) is 13.8. The highest BCUT2D eigenvalue weighted by Crippen LogP contribution is 2.45. The van der Waals surface area contributed by atoms with E-state index in [-0.39, 0.29) is 25.7 Å². The highest BCUT2D eigenvalue weighted by atomic mass is 31.2. The Morgan fingerprint density at radius 1 is 0.250 bits per heavy atom. The number of phosphoric acid groups is 2. The molecule has 17 nitrogen and oxygen atoms in total. The van der Waals surface area contributed by atoms with Crippen LogP contribution in [0.3, 0.4) is 0 Å². The number of carbonyl (C=O) groups is 4. The number of hydrogen-bond donors (Lipinski definition) is 3. The number of esters is 4. The molecule has 0 amide bonds. The van der Waals surface area contributed by atoms with Crippen LogP contribution in [0.5, 0.6) is 0 Å². The maximum Gasteiger partial charge on any atom is 0.472 e. The maximum atomic E-state index is 13.2. The molecule has 0 aliphatic rings. The third-order valence-corrected chi connectivity index (χ3v) is 22.9. The Morgan fingerprint density at radius 2 is 0.426 bits per heavy atom. The molecule has 0 rings (SSSR count). The van der Waals surface area contributed by atoms with Crippen LogP contribution in [0.4, 0.5) is 0 Å². The molecule has 19 heteroatoms. The van der Waals surface area contributed by atoms with E-state index in [0.717, 1.165) is 115 Å². The smallest absolute Gasteiger partial charge is 0.462 e. The van der Waals surface area contributed by atoms with E-state index in [0.29, 0.717) is 25.7 Å². The van der Waals surface area contributed by atoms with Crippen LogP contribution >= 0.6 is 15.6 Å². The summed E-state index contributed by atoms with van der Waals surface area (Å²) in [5.74, 6) is -0.460. The van der Waals surface area contributed by atoms with Crippen LogP contribution in [0.1, 0.15) is 478 Å². The molecule has 0 bridgehead atoms. The lowest BCUT2D eigenvalue weighted by Gasteiger charge is -2.21. The molecule has 0 saturated carbocycles. The van der Waals surface area contributed by atoms with E-state index in [2.05, 4.69) is 41.5 Å². The average Bonchev–Trinajstić information content (AvgIpc) is 0.899. The van der Waals surface area contributed by atoms with Crippen molar-refractivity contribution in [1.29, 1.82) is 0 Å². The van der Waals surface area contributed by atoms with Gasteiger partial charge < -0.3 is 33.8 Å². The van der Waals surface area contributed by atoms with E-state index >= 15 is 0 Å². The molecule has 0 aromatic heterocycles. The number of unbranched alkanes of at least 4 members (excludes halogenated alkanes) is 58. The van der Waals surface area contributed by atoms with Crippen LogP contribution in [0.15, 0.2) is 0 Å². The molecular formula is C89H174O17P2. The van der Waals surface area contributed by atoms with Gasteiger partial charge in [-0.1, -0.05) is 427 Å². The van der Waals surface area contributed by atoms with Crippen molar-refractivity contribution in [3.05, 3.63) is 0 Å². The topological polar surface area (TPSA) is 237 Å². The first-order valence-electron chi connectivity index (χ1n) is 46.0. The minimum atomic E-state index is -4.97. The van der Waals surface area contributed by atoms with Gasteiger partial charge in [-0.2, -0.15) is 0 Å². The summed E-state index contributed by atoms with van der Waals surface area (Å²) in [5, 5.41) is 10.7. The highest BCUT2D eigenvalue weighted by molar-refractivity contribution is 7.47. The molecule has 0 aliphatic heterocycles. The van der Waals surface area contributed by atoms with Gasteiger partial charge in [0.05, 0.1) is 26.4 Å². The van der Waals surface area contributed by atoms with Gasteiger partial charge in [-0.05, 0) is 37.5 Å². The summed E-state index contributed by atoms with van der Waals surface area (Å²) >= 11 is 0. The Hall–Kier alpha value is -1.94. The molecule has 0 radical (unpaired) electrons. The summed E-state index contributed by atoms with van der Waals surface area (Å²) in [5.41, 5.74) is 0. The third-order valence-electron chi connectivity index (χ3n) is 21.0. The van der Waals surface area contributed by atoms with Gasteiger partial charge in [0.25, 0.3) is 0 Å². The molecule has 0 aromatic rings. The second-order valence-electron chi connectivity index (χ2n) is 32.9. The molecule has 5 atom stereocenters. The first-order valence-corrected chi connectivity index (χ1v) is 49.0. The zero-order valence-electron chi connectivity index (χ0n) is 71.2. The lowest BCUT2D eigenvalue weighted by Crippen LogP contribution is -2.30. The van der Waals surface area contributed by atoms with Crippen LogP contribution < -0.4 is 0 Å². The van der Waals surface area contributed by atoms with Gasteiger partial charge in [-0.3, -0.25) is 37.3 Å². The summed E-state index contributed by atoms with van der Waals surface area (Å²) in [6.07, 6.45) is 73.9. The Morgan fingerprint density at radius 3 is 0.630 bits per heavy atom. The van der Waals surface area contributed by atoms with Gasteiger partial charge in [0.2, 0.25) is 0 Å². The fourth-order valence-corrected chi connectivity index (χ4v) is 15.5.